The van der Waals surface area contributed by atoms with Crippen molar-refractivity contribution in [3.63, 3.8) is 0 Å². The van der Waals surface area contributed by atoms with E-state index in [-0.39, 0.29) is 18.6 Å². The van der Waals surface area contributed by atoms with Crippen molar-refractivity contribution in [1.82, 2.24) is 4.90 Å². The smallest absolute Gasteiger partial charge is 0.334 e. The summed E-state index contributed by atoms with van der Waals surface area (Å²) in [5.74, 6) is -1.02. The van der Waals surface area contributed by atoms with Crippen molar-refractivity contribution in [3.05, 3.63) is 22.4 Å². The van der Waals surface area contributed by atoms with Gasteiger partial charge in [-0.25, -0.2) is 4.79 Å². The molecule has 19 heavy (non-hydrogen) atoms. The van der Waals surface area contributed by atoms with Crippen molar-refractivity contribution < 1.29 is 19.4 Å². The van der Waals surface area contributed by atoms with E-state index in [2.05, 4.69) is 0 Å². The molecule has 0 bridgehead atoms. The number of amides is 1. The standard InChI is InChI=1S/C13H17NO4S/c1-9-7-14(8-11(18-9)13(16)17)12(15)5-4-10-3-2-6-19-10/h2-3,6,9,11H,4-5,7-8H2,1H3,(H,16,17)/t9-,11?/m1/s1. The van der Waals surface area contributed by atoms with Gasteiger partial charge in [-0.15, -0.1) is 11.3 Å². The van der Waals surface area contributed by atoms with Crippen LogP contribution in [0.3, 0.4) is 0 Å². The summed E-state index contributed by atoms with van der Waals surface area (Å²) in [5, 5.41) is 11.0. The van der Waals surface area contributed by atoms with Crippen molar-refractivity contribution in [2.45, 2.75) is 32.0 Å². The van der Waals surface area contributed by atoms with Gasteiger partial charge in [-0.1, -0.05) is 6.07 Å². The van der Waals surface area contributed by atoms with Crippen molar-refractivity contribution in [1.29, 1.82) is 0 Å². The highest BCUT2D eigenvalue weighted by molar-refractivity contribution is 7.09. The number of carboxylic acid groups (broad SMARTS) is 1. The van der Waals surface area contributed by atoms with Crippen LogP contribution in [-0.4, -0.2) is 47.2 Å². The normalized spacial score (nSPS) is 23.3. The average Bonchev–Trinajstić information content (AvgIpc) is 2.88. The van der Waals surface area contributed by atoms with Gasteiger partial charge < -0.3 is 14.7 Å². The van der Waals surface area contributed by atoms with Crippen LogP contribution in [-0.2, 0) is 20.7 Å². The Morgan fingerprint density at radius 2 is 2.32 bits per heavy atom. The summed E-state index contributed by atoms with van der Waals surface area (Å²) in [6, 6.07) is 3.96. The Kier molecular flexibility index (Phi) is 4.55. The fourth-order valence-electron chi connectivity index (χ4n) is 2.13. The second kappa shape index (κ2) is 6.16. The minimum Gasteiger partial charge on any atom is -0.479 e. The maximum Gasteiger partial charge on any atom is 0.334 e. The van der Waals surface area contributed by atoms with Crippen molar-refractivity contribution in [2.24, 2.45) is 0 Å². The van der Waals surface area contributed by atoms with Crippen molar-refractivity contribution in [3.8, 4) is 0 Å². The summed E-state index contributed by atoms with van der Waals surface area (Å²) >= 11 is 1.63. The zero-order chi connectivity index (χ0) is 13.8. The first kappa shape index (κ1) is 14.0. The number of thiophene rings is 1. The molecular weight excluding hydrogens is 266 g/mol. The number of rotatable bonds is 4. The molecule has 0 spiro atoms. The van der Waals surface area contributed by atoms with Crippen LogP contribution in [0.5, 0.6) is 0 Å². The van der Waals surface area contributed by atoms with Crippen LogP contribution in [0.15, 0.2) is 17.5 Å². The molecular formula is C13H17NO4S. The molecule has 104 valence electrons. The average molecular weight is 283 g/mol. The number of aryl methyl sites for hydroxylation is 1. The van der Waals surface area contributed by atoms with Crippen LogP contribution in [0.2, 0.25) is 0 Å². The minimum absolute atomic E-state index is 0.00481. The molecule has 0 saturated carbocycles. The summed E-state index contributed by atoms with van der Waals surface area (Å²) in [5.41, 5.74) is 0. The van der Waals surface area contributed by atoms with Crippen LogP contribution in [0.4, 0.5) is 0 Å². The highest BCUT2D eigenvalue weighted by atomic mass is 32.1. The molecule has 1 fully saturated rings. The van der Waals surface area contributed by atoms with Gasteiger partial charge in [0.1, 0.15) is 0 Å². The second-order valence-corrected chi connectivity index (χ2v) is 5.68. The number of carboxylic acids is 1. The lowest BCUT2D eigenvalue weighted by Crippen LogP contribution is -2.51. The largest absolute Gasteiger partial charge is 0.479 e. The van der Waals surface area contributed by atoms with E-state index in [1.807, 2.05) is 17.5 Å². The van der Waals surface area contributed by atoms with Gasteiger partial charge in [0.25, 0.3) is 0 Å². The lowest BCUT2D eigenvalue weighted by atomic mass is 10.2. The van der Waals surface area contributed by atoms with Gasteiger partial charge in [-0.05, 0) is 24.8 Å². The molecule has 6 heteroatoms. The molecule has 1 aliphatic rings. The van der Waals surface area contributed by atoms with E-state index in [0.29, 0.717) is 19.4 Å². The van der Waals surface area contributed by atoms with E-state index >= 15 is 0 Å². The molecule has 0 radical (unpaired) electrons. The van der Waals surface area contributed by atoms with Gasteiger partial charge in [-0.2, -0.15) is 0 Å². The fraction of sp³-hybridized carbons (Fsp3) is 0.538. The van der Waals surface area contributed by atoms with Crippen molar-refractivity contribution >= 4 is 23.2 Å². The third-order valence-corrected chi connectivity index (χ3v) is 3.99. The van der Waals surface area contributed by atoms with E-state index in [0.717, 1.165) is 0 Å². The first-order chi connectivity index (χ1) is 9.06. The summed E-state index contributed by atoms with van der Waals surface area (Å²) < 4.78 is 5.29. The maximum atomic E-state index is 12.1. The molecule has 1 aliphatic heterocycles. The van der Waals surface area contributed by atoms with Gasteiger partial charge in [0, 0.05) is 17.8 Å². The zero-order valence-electron chi connectivity index (χ0n) is 10.7. The Balaban J connectivity index is 1.89. The minimum atomic E-state index is -1.01. The van der Waals surface area contributed by atoms with E-state index in [4.69, 9.17) is 9.84 Å². The lowest BCUT2D eigenvalue weighted by molar-refractivity contribution is -0.166. The topological polar surface area (TPSA) is 66.8 Å². The van der Waals surface area contributed by atoms with Crippen LogP contribution >= 0.6 is 11.3 Å². The molecule has 1 aromatic heterocycles. The van der Waals surface area contributed by atoms with Crippen LogP contribution in [0, 0.1) is 0 Å². The number of aliphatic carboxylic acids is 1. The summed E-state index contributed by atoms with van der Waals surface area (Å²) in [7, 11) is 0. The molecule has 1 aromatic rings. The Hall–Kier alpha value is -1.40. The SMILES string of the molecule is C[C@@H]1CN(C(=O)CCc2cccs2)CC(C(=O)O)O1. The van der Waals surface area contributed by atoms with Gasteiger partial charge in [-0.3, -0.25) is 4.79 Å². The second-order valence-electron chi connectivity index (χ2n) is 4.65. The predicted molar refractivity (Wildman–Crippen MR) is 71.2 cm³/mol. The molecule has 2 rings (SSSR count). The number of nitrogens with zero attached hydrogens (tertiary/aromatic N) is 1. The van der Waals surface area contributed by atoms with E-state index in [1.54, 1.807) is 23.2 Å². The van der Waals surface area contributed by atoms with Crippen molar-refractivity contribution in [2.75, 3.05) is 13.1 Å². The summed E-state index contributed by atoms with van der Waals surface area (Å²) in [6.07, 6.45) is -0.0190. The number of morpholine rings is 1. The van der Waals surface area contributed by atoms with Gasteiger partial charge in [0.05, 0.1) is 12.6 Å². The van der Waals surface area contributed by atoms with Gasteiger partial charge in [0.2, 0.25) is 5.91 Å². The fourth-order valence-corrected chi connectivity index (χ4v) is 2.84. The molecule has 1 amide bonds. The Bertz CT molecular complexity index is 446. The van der Waals surface area contributed by atoms with E-state index in [1.165, 1.54) is 4.88 Å². The van der Waals surface area contributed by atoms with E-state index < -0.39 is 12.1 Å². The number of carbonyl (C=O) groups excluding carboxylic acids is 1. The molecule has 1 saturated heterocycles. The highest BCUT2D eigenvalue weighted by Gasteiger charge is 2.32. The first-order valence-corrected chi connectivity index (χ1v) is 7.12. The molecule has 0 aromatic carbocycles. The van der Waals surface area contributed by atoms with Gasteiger partial charge in [0.15, 0.2) is 6.10 Å². The molecule has 0 aliphatic carbocycles. The number of hydrogen-bond donors (Lipinski definition) is 1. The third kappa shape index (κ3) is 3.78. The van der Waals surface area contributed by atoms with Crippen LogP contribution in [0.25, 0.3) is 0 Å². The summed E-state index contributed by atoms with van der Waals surface area (Å²) in [4.78, 5) is 25.8. The Morgan fingerprint density at radius 3 is 2.95 bits per heavy atom. The molecule has 2 heterocycles. The predicted octanol–water partition coefficient (Wildman–Crippen LogP) is 1.38. The van der Waals surface area contributed by atoms with E-state index in [9.17, 15) is 9.59 Å². The quantitative estimate of drug-likeness (QED) is 0.906. The molecule has 1 N–H and O–H groups in total. The first-order valence-electron chi connectivity index (χ1n) is 6.24. The van der Waals surface area contributed by atoms with Crippen LogP contribution < -0.4 is 0 Å². The lowest BCUT2D eigenvalue weighted by Gasteiger charge is -2.35. The third-order valence-electron chi connectivity index (χ3n) is 3.05. The van der Waals surface area contributed by atoms with Crippen LogP contribution in [0.1, 0.15) is 18.2 Å². The molecule has 5 nitrogen and oxygen atoms in total. The zero-order valence-corrected chi connectivity index (χ0v) is 11.6. The molecule has 2 atom stereocenters. The summed E-state index contributed by atoms with van der Waals surface area (Å²) in [6.45, 7) is 2.39. The maximum absolute atomic E-state index is 12.1. The molecule has 1 unspecified atom stereocenters. The highest BCUT2D eigenvalue weighted by Crippen LogP contribution is 2.15. The number of carbonyl (C=O) groups is 2. The Morgan fingerprint density at radius 1 is 1.53 bits per heavy atom. The monoisotopic (exact) mass is 283 g/mol. The van der Waals surface area contributed by atoms with Gasteiger partial charge >= 0.3 is 5.97 Å². The number of hydrogen-bond acceptors (Lipinski definition) is 4. The Labute approximate surface area is 115 Å². The number of ether oxygens (including phenoxy) is 1.